The van der Waals surface area contributed by atoms with Gasteiger partial charge in [0, 0.05) is 19.3 Å². The number of ketones is 3. The monoisotopic (exact) mass is 608 g/mol. The van der Waals surface area contributed by atoms with Gasteiger partial charge in [-0.1, -0.05) is 107 Å². The zero-order chi connectivity index (χ0) is 34.2. The van der Waals surface area contributed by atoms with Gasteiger partial charge in [0.25, 0.3) is 0 Å². The lowest BCUT2D eigenvalue weighted by Crippen LogP contribution is -2.29. The first kappa shape index (κ1) is 37.2. The molecular weight excluding hydrogens is 552 g/mol. The summed E-state index contributed by atoms with van der Waals surface area (Å²) in [6, 6.07) is 7.80. The molecule has 0 atom stereocenters. The van der Waals surface area contributed by atoms with E-state index in [1.165, 1.54) is 0 Å². The molecule has 7 nitrogen and oxygen atoms in total. The molecule has 44 heavy (non-hydrogen) atoms. The lowest BCUT2D eigenvalue weighted by molar-refractivity contribution is -0.137. The van der Waals surface area contributed by atoms with Gasteiger partial charge in [0.05, 0.1) is 0 Å². The molecule has 0 aliphatic heterocycles. The Labute approximate surface area is 264 Å². The van der Waals surface area contributed by atoms with E-state index in [0.29, 0.717) is 12.8 Å². The van der Waals surface area contributed by atoms with Gasteiger partial charge in [-0.3, -0.25) is 26.1 Å². The Bertz CT molecular complexity index is 1240. The van der Waals surface area contributed by atoms with E-state index in [1.807, 2.05) is 107 Å². The molecule has 1 aliphatic rings. The molecule has 0 bridgehead atoms. The van der Waals surface area contributed by atoms with Gasteiger partial charge in [0.1, 0.15) is 11.5 Å². The van der Waals surface area contributed by atoms with Gasteiger partial charge in [-0.2, -0.15) is 0 Å². The van der Waals surface area contributed by atoms with Crippen molar-refractivity contribution in [1.29, 1.82) is 0 Å². The topological polar surface area (TPSA) is 144 Å². The maximum absolute atomic E-state index is 13.5. The van der Waals surface area contributed by atoms with Crippen LogP contribution in [0.2, 0.25) is 0 Å². The molecule has 0 heterocycles. The van der Waals surface area contributed by atoms with Gasteiger partial charge in [-0.15, -0.1) is 0 Å². The summed E-state index contributed by atoms with van der Waals surface area (Å²) >= 11 is 0. The minimum absolute atomic E-state index is 0.0171. The lowest BCUT2D eigenvalue weighted by atomic mass is 9.77. The molecule has 6 N–H and O–H groups in total. The second-order valence-electron chi connectivity index (χ2n) is 16.4. The molecule has 0 spiro atoms. The van der Waals surface area contributed by atoms with Crippen LogP contribution in [0, 0.1) is 5.41 Å². The molecule has 2 aromatic rings. The number of rotatable bonds is 8. The van der Waals surface area contributed by atoms with Crippen LogP contribution in [-0.2, 0) is 48.9 Å². The Balaban J connectivity index is 0.00000330. The van der Waals surface area contributed by atoms with Gasteiger partial charge in [-0.05, 0) is 67.9 Å². The molecule has 2 aromatic carbocycles. The summed E-state index contributed by atoms with van der Waals surface area (Å²) in [5.41, 5.74) is 2.45. The Kier molecular flexibility index (Phi) is 10.8. The highest BCUT2D eigenvalue weighted by molar-refractivity contribution is 6.35. The molecule has 1 saturated carbocycles. The first-order valence-electron chi connectivity index (χ1n) is 15.6. The van der Waals surface area contributed by atoms with Crippen molar-refractivity contribution in [1.82, 2.24) is 0 Å². The molecule has 244 valence electrons. The van der Waals surface area contributed by atoms with Crippen molar-refractivity contribution < 1.29 is 24.6 Å². The summed E-state index contributed by atoms with van der Waals surface area (Å²) in [5, 5.41) is 22.1. The third-order valence-electron chi connectivity index (χ3n) is 8.58. The fourth-order valence-electron chi connectivity index (χ4n) is 5.77. The second-order valence-corrected chi connectivity index (χ2v) is 16.4. The number of phenolic OH excluding ortho intramolecular Hbond substituents is 2. The van der Waals surface area contributed by atoms with Crippen molar-refractivity contribution in [2.24, 2.45) is 17.1 Å². The van der Waals surface area contributed by atoms with E-state index in [4.69, 9.17) is 0 Å². The second kappa shape index (κ2) is 12.8. The van der Waals surface area contributed by atoms with Crippen LogP contribution in [0.4, 0.5) is 0 Å². The van der Waals surface area contributed by atoms with Crippen molar-refractivity contribution in [3.8, 4) is 11.5 Å². The molecular formula is C37H56N2O5. The normalized spacial score (nSPS) is 15.0. The number of Topliss-reactive ketones (excluding diaryl/α,β-unsaturated/α-hetero) is 3. The van der Waals surface area contributed by atoms with Gasteiger partial charge in [-0.25, -0.2) is 0 Å². The van der Waals surface area contributed by atoms with Crippen molar-refractivity contribution >= 4 is 17.3 Å². The Hall–Kier alpha value is -3.03. The number of benzene rings is 2. The van der Waals surface area contributed by atoms with Crippen molar-refractivity contribution in [3.63, 3.8) is 0 Å². The number of hydrogen-bond donors (Lipinski definition) is 4. The first-order valence-corrected chi connectivity index (χ1v) is 15.6. The average Bonchev–Trinajstić information content (AvgIpc) is 3.57. The summed E-state index contributed by atoms with van der Waals surface area (Å²) in [6.07, 6.45) is 0.968. The number of carbonyl (C=O) groups excluding carboxylic acids is 3. The molecule has 0 aromatic heterocycles. The van der Waals surface area contributed by atoms with Crippen molar-refractivity contribution in [2.45, 2.75) is 137 Å². The summed E-state index contributed by atoms with van der Waals surface area (Å²) < 4.78 is 0. The van der Waals surface area contributed by atoms with E-state index in [1.54, 1.807) is 0 Å². The summed E-state index contributed by atoms with van der Waals surface area (Å²) in [4.78, 5) is 39.6. The minimum Gasteiger partial charge on any atom is -0.507 e. The Morgan fingerprint density at radius 2 is 0.841 bits per heavy atom. The summed E-state index contributed by atoms with van der Waals surface area (Å²) in [6.45, 7) is 24.5. The Morgan fingerprint density at radius 3 is 1.02 bits per heavy atom. The van der Waals surface area contributed by atoms with Gasteiger partial charge in [0.15, 0.2) is 22.8 Å². The number of aromatic hydroxyl groups is 2. The SMILES string of the molecule is CC(C)(C)c1cc(CCC(=O)C2(C(=O)CCc3cc(C(C)(C)C)c(O)c(C(C)(C)C)c3)CC2=O)cc(C(C)(C)C)c1O.NN. The summed E-state index contributed by atoms with van der Waals surface area (Å²) in [7, 11) is 0. The zero-order valence-corrected chi connectivity index (χ0v) is 29.1. The van der Waals surface area contributed by atoms with Crippen molar-refractivity contribution in [3.05, 3.63) is 57.6 Å². The van der Waals surface area contributed by atoms with Crippen LogP contribution in [-0.4, -0.2) is 27.6 Å². The van der Waals surface area contributed by atoms with Crippen LogP contribution < -0.4 is 11.7 Å². The smallest absolute Gasteiger partial charge is 0.156 e. The predicted octanol–water partition coefficient (Wildman–Crippen LogP) is 6.77. The molecule has 0 radical (unpaired) electrons. The quantitative estimate of drug-likeness (QED) is 0.147. The summed E-state index contributed by atoms with van der Waals surface area (Å²) in [5.74, 6) is 7.67. The maximum atomic E-state index is 13.5. The number of carbonyl (C=O) groups is 3. The molecule has 0 saturated heterocycles. The zero-order valence-electron chi connectivity index (χ0n) is 29.1. The number of hydrazine groups is 1. The van der Waals surface area contributed by atoms with Crippen LogP contribution in [0.1, 0.15) is 136 Å². The van der Waals surface area contributed by atoms with Crippen LogP contribution in [0.15, 0.2) is 24.3 Å². The molecule has 0 amide bonds. The standard InChI is InChI=1S/C37H52O5.H4N2/c1-33(2,3)24-17-22(18-25(31(24)41)34(4,5)6)13-15-28(38)37(21-30(37)40)29(39)16-14-23-19-26(35(7,8)9)32(42)27(20-23)36(10,11)12;1-2/h17-20,41-42H,13-16,21H2,1-12H3;1-2H2. The maximum Gasteiger partial charge on any atom is 0.156 e. The fraction of sp³-hybridized carbons (Fsp3) is 0.595. The molecule has 0 unspecified atom stereocenters. The van der Waals surface area contributed by atoms with Crippen LogP contribution in [0.5, 0.6) is 11.5 Å². The molecule has 3 rings (SSSR count). The van der Waals surface area contributed by atoms with E-state index in [-0.39, 0.29) is 69.8 Å². The van der Waals surface area contributed by atoms with Crippen LogP contribution >= 0.6 is 0 Å². The predicted molar refractivity (Wildman–Crippen MR) is 178 cm³/mol. The third kappa shape index (κ3) is 7.97. The van der Waals surface area contributed by atoms with Crippen molar-refractivity contribution in [2.75, 3.05) is 0 Å². The van der Waals surface area contributed by atoms with Gasteiger partial charge < -0.3 is 10.2 Å². The van der Waals surface area contributed by atoms with E-state index >= 15 is 0 Å². The van der Waals surface area contributed by atoms with Gasteiger partial charge in [0.2, 0.25) is 0 Å². The number of nitrogens with two attached hydrogens (primary N) is 2. The lowest BCUT2D eigenvalue weighted by Gasteiger charge is -2.28. The molecule has 1 aliphatic carbocycles. The van der Waals surface area contributed by atoms with Gasteiger partial charge >= 0.3 is 0 Å². The molecule has 1 fully saturated rings. The van der Waals surface area contributed by atoms with Crippen LogP contribution in [0.25, 0.3) is 0 Å². The number of hydrogen-bond acceptors (Lipinski definition) is 7. The fourth-order valence-corrected chi connectivity index (χ4v) is 5.77. The number of aryl methyl sites for hydroxylation is 2. The van der Waals surface area contributed by atoms with E-state index in [9.17, 15) is 24.6 Å². The highest BCUT2D eigenvalue weighted by atomic mass is 16.3. The highest BCUT2D eigenvalue weighted by Gasteiger charge is 2.63. The largest absolute Gasteiger partial charge is 0.507 e. The highest BCUT2D eigenvalue weighted by Crippen LogP contribution is 2.46. The Morgan fingerprint density at radius 1 is 0.614 bits per heavy atom. The van der Waals surface area contributed by atoms with E-state index in [0.717, 1.165) is 33.4 Å². The van der Waals surface area contributed by atoms with E-state index in [2.05, 4.69) is 11.7 Å². The third-order valence-corrected chi connectivity index (χ3v) is 8.58. The average molecular weight is 609 g/mol. The van der Waals surface area contributed by atoms with Crippen LogP contribution in [0.3, 0.4) is 0 Å². The van der Waals surface area contributed by atoms with E-state index < -0.39 is 5.41 Å². The molecule has 7 heteroatoms. The number of phenols is 2. The minimum atomic E-state index is -1.52. The first-order chi connectivity index (χ1) is 19.9.